The highest BCUT2D eigenvalue weighted by Gasteiger charge is 2.59. The molecule has 2 N–H and O–H groups in total. The summed E-state index contributed by atoms with van der Waals surface area (Å²) in [5.41, 5.74) is -2.56. The molecule has 1 heterocycles. The van der Waals surface area contributed by atoms with E-state index in [-0.39, 0.29) is 17.2 Å². The maximum absolute atomic E-state index is 13.6. The minimum absolute atomic E-state index is 0.00757. The van der Waals surface area contributed by atoms with Crippen molar-refractivity contribution in [1.29, 1.82) is 0 Å². The van der Waals surface area contributed by atoms with Crippen LogP contribution >= 0.6 is 0 Å². The van der Waals surface area contributed by atoms with E-state index >= 15 is 0 Å². The molecule has 0 saturated heterocycles. The number of hydrogen-bond donors (Lipinski definition) is 2. The summed E-state index contributed by atoms with van der Waals surface area (Å²) in [6, 6.07) is 4.94. The van der Waals surface area contributed by atoms with Gasteiger partial charge in [0.25, 0.3) is 0 Å². The summed E-state index contributed by atoms with van der Waals surface area (Å²) in [6.07, 6.45) is -3.06. The highest BCUT2D eigenvalue weighted by molar-refractivity contribution is 5.94. The zero-order valence-corrected chi connectivity index (χ0v) is 10.3. The minimum atomic E-state index is -4.69. The van der Waals surface area contributed by atoms with Gasteiger partial charge in [-0.2, -0.15) is 13.2 Å². The number of carbonyl (C=O) groups excluding carboxylic acids is 1. The van der Waals surface area contributed by atoms with Crippen LogP contribution in [-0.2, 0) is 5.54 Å². The number of carbonyl (C=O) groups is 1. The average molecular weight is 280 g/mol. The highest BCUT2D eigenvalue weighted by atomic mass is 19.4. The number of nitrogens with one attached hydrogen (secondary N) is 2. The molecule has 1 fully saturated rings. The largest absolute Gasteiger partial charge is 0.427 e. The number of benzene rings is 1. The Labute approximate surface area is 113 Å². The van der Waals surface area contributed by atoms with Crippen LogP contribution in [0.5, 0.6) is 0 Å². The van der Waals surface area contributed by atoms with Crippen LogP contribution in [0.15, 0.2) is 24.3 Å². The van der Waals surface area contributed by atoms with Crippen molar-refractivity contribution in [2.24, 2.45) is 5.92 Å². The lowest BCUT2D eigenvalue weighted by molar-refractivity contribution is -0.178. The number of rotatable bonds is 0. The minimum Gasteiger partial charge on any atom is -0.310 e. The van der Waals surface area contributed by atoms with E-state index in [2.05, 4.69) is 17.2 Å². The van der Waals surface area contributed by atoms with Crippen LogP contribution in [0.25, 0.3) is 0 Å². The molecule has 0 aromatic heterocycles. The van der Waals surface area contributed by atoms with Crippen molar-refractivity contribution >= 4 is 11.7 Å². The van der Waals surface area contributed by atoms with Gasteiger partial charge in [-0.1, -0.05) is 30.0 Å². The summed E-state index contributed by atoms with van der Waals surface area (Å²) in [5.74, 6) is 4.91. The normalized spacial score (nSPS) is 24.9. The molecule has 1 aromatic carbocycles. The quantitative estimate of drug-likeness (QED) is 0.705. The van der Waals surface area contributed by atoms with Gasteiger partial charge in [0.2, 0.25) is 5.54 Å². The summed E-state index contributed by atoms with van der Waals surface area (Å²) in [6.45, 7) is 0. The second kappa shape index (κ2) is 4.17. The van der Waals surface area contributed by atoms with Crippen molar-refractivity contribution in [3.8, 4) is 11.8 Å². The summed E-state index contributed by atoms with van der Waals surface area (Å²) in [7, 11) is 0. The number of anilines is 1. The van der Waals surface area contributed by atoms with Crippen molar-refractivity contribution in [2.45, 2.75) is 24.6 Å². The van der Waals surface area contributed by atoms with Crippen LogP contribution in [0.3, 0.4) is 0 Å². The molecule has 1 atom stereocenters. The number of urea groups is 1. The van der Waals surface area contributed by atoms with Gasteiger partial charge in [-0.25, -0.2) is 4.79 Å². The summed E-state index contributed by atoms with van der Waals surface area (Å²) < 4.78 is 40.7. The van der Waals surface area contributed by atoms with E-state index in [0.29, 0.717) is 0 Å². The predicted octanol–water partition coefficient (Wildman–Crippen LogP) is 2.99. The highest BCUT2D eigenvalue weighted by Crippen LogP contribution is 2.44. The third kappa shape index (κ3) is 1.99. The SMILES string of the molecule is O=C1Nc2ccccc2C(C#CC2CC2)(C(F)(F)F)N1. The van der Waals surface area contributed by atoms with Gasteiger partial charge >= 0.3 is 12.2 Å². The Morgan fingerprint density at radius 1 is 1.25 bits per heavy atom. The van der Waals surface area contributed by atoms with Gasteiger partial charge in [-0.15, -0.1) is 0 Å². The molecule has 0 spiro atoms. The van der Waals surface area contributed by atoms with Gasteiger partial charge in [0, 0.05) is 17.2 Å². The zero-order valence-electron chi connectivity index (χ0n) is 10.3. The first-order chi connectivity index (χ1) is 9.42. The Morgan fingerprint density at radius 3 is 2.60 bits per heavy atom. The molecular formula is C14H11F3N2O. The molecule has 0 radical (unpaired) electrons. The molecule has 3 nitrogen and oxygen atoms in total. The van der Waals surface area contributed by atoms with Crippen LogP contribution < -0.4 is 10.6 Å². The fourth-order valence-corrected chi connectivity index (χ4v) is 2.14. The molecule has 0 bridgehead atoms. The number of halogens is 3. The van der Waals surface area contributed by atoms with Gasteiger partial charge in [0.05, 0.1) is 0 Å². The molecule has 2 aliphatic rings. The standard InChI is InChI=1S/C14H11F3N2O/c15-14(16,17)13(8-7-9-5-6-9)10-3-1-2-4-11(10)18-12(20)19-13/h1-4,9H,5-6H2,(H2,18,19,20). The Hall–Kier alpha value is -2.16. The lowest BCUT2D eigenvalue weighted by Gasteiger charge is -2.37. The van der Waals surface area contributed by atoms with Crippen LogP contribution in [0.4, 0.5) is 23.7 Å². The van der Waals surface area contributed by atoms with E-state index in [9.17, 15) is 18.0 Å². The van der Waals surface area contributed by atoms with E-state index in [0.717, 1.165) is 12.8 Å². The second-order valence-electron chi connectivity index (χ2n) is 4.92. The van der Waals surface area contributed by atoms with Crippen LogP contribution in [0.2, 0.25) is 0 Å². The summed E-state index contributed by atoms with van der Waals surface area (Å²) in [5, 5.41) is 4.33. The monoisotopic (exact) mass is 280 g/mol. The third-order valence-electron chi connectivity index (χ3n) is 3.35. The molecule has 1 aliphatic heterocycles. The lowest BCUT2D eigenvalue weighted by Crippen LogP contribution is -2.59. The first-order valence-corrected chi connectivity index (χ1v) is 6.20. The molecule has 2 amide bonds. The summed E-state index contributed by atoms with van der Waals surface area (Å²) >= 11 is 0. The van der Waals surface area contributed by atoms with E-state index in [1.54, 1.807) is 6.07 Å². The van der Waals surface area contributed by atoms with Gasteiger partial charge < -0.3 is 10.6 Å². The van der Waals surface area contributed by atoms with Crippen molar-refractivity contribution in [3.63, 3.8) is 0 Å². The van der Waals surface area contributed by atoms with Crippen molar-refractivity contribution < 1.29 is 18.0 Å². The smallest absolute Gasteiger partial charge is 0.310 e. The van der Waals surface area contributed by atoms with Crippen molar-refractivity contribution in [1.82, 2.24) is 5.32 Å². The number of alkyl halides is 3. The topological polar surface area (TPSA) is 41.1 Å². The Bertz CT molecular complexity index is 625. The average Bonchev–Trinajstić information content (AvgIpc) is 3.18. The molecular weight excluding hydrogens is 269 g/mol. The Morgan fingerprint density at radius 2 is 1.95 bits per heavy atom. The molecule has 1 saturated carbocycles. The van der Waals surface area contributed by atoms with Gasteiger partial charge in [-0.05, 0) is 18.9 Å². The van der Waals surface area contributed by atoms with E-state index in [4.69, 9.17) is 0 Å². The first-order valence-electron chi connectivity index (χ1n) is 6.20. The van der Waals surface area contributed by atoms with E-state index in [1.807, 2.05) is 5.32 Å². The van der Waals surface area contributed by atoms with Crippen LogP contribution in [-0.4, -0.2) is 12.2 Å². The van der Waals surface area contributed by atoms with Crippen molar-refractivity contribution in [3.05, 3.63) is 29.8 Å². The second-order valence-corrected chi connectivity index (χ2v) is 4.92. The zero-order chi connectivity index (χ0) is 14.4. The number of para-hydroxylation sites is 1. The van der Waals surface area contributed by atoms with E-state index in [1.165, 1.54) is 18.2 Å². The number of amides is 2. The molecule has 104 valence electrons. The fourth-order valence-electron chi connectivity index (χ4n) is 2.14. The fraction of sp³-hybridized carbons (Fsp3) is 0.357. The number of hydrogen-bond acceptors (Lipinski definition) is 1. The molecule has 3 rings (SSSR count). The predicted molar refractivity (Wildman–Crippen MR) is 66.8 cm³/mol. The van der Waals surface area contributed by atoms with Crippen LogP contribution in [0.1, 0.15) is 18.4 Å². The van der Waals surface area contributed by atoms with Gasteiger partial charge in [0.1, 0.15) is 0 Å². The van der Waals surface area contributed by atoms with Gasteiger partial charge in [-0.3, -0.25) is 0 Å². The maximum Gasteiger partial charge on any atom is 0.427 e. The first kappa shape index (κ1) is 12.9. The molecule has 1 unspecified atom stereocenters. The molecule has 20 heavy (non-hydrogen) atoms. The Kier molecular flexibility index (Phi) is 2.68. The van der Waals surface area contributed by atoms with E-state index < -0.39 is 17.7 Å². The third-order valence-corrected chi connectivity index (χ3v) is 3.35. The van der Waals surface area contributed by atoms with Crippen molar-refractivity contribution in [2.75, 3.05) is 5.32 Å². The number of fused-ring (bicyclic) bond motifs is 1. The van der Waals surface area contributed by atoms with Crippen LogP contribution in [0, 0.1) is 17.8 Å². The molecule has 6 heteroatoms. The Balaban J connectivity index is 2.19. The summed E-state index contributed by atoms with van der Waals surface area (Å²) in [4.78, 5) is 11.6. The molecule has 1 aromatic rings. The lowest BCUT2D eigenvalue weighted by atomic mass is 9.86. The maximum atomic E-state index is 13.6. The van der Waals surface area contributed by atoms with Gasteiger partial charge in [0.15, 0.2) is 0 Å². The molecule has 1 aliphatic carbocycles.